The maximum absolute atomic E-state index is 12.7. The molecule has 0 radical (unpaired) electrons. The van der Waals surface area contributed by atoms with E-state index >= 15 is 0 Å². The molecular formula is C19H18N2O3. The third-order valence-electron chi connectivity index (χ3n) is 3.94. The van der Waals surface area contributed by atoms with E-state index < -0.39 is 12.1 Å². The molecule has 3 rings (SSSR count). The fourth-order valence-electron chi connectivity index (χ4n) is 2.67. The van der Waals surface area contributed by atoms with Crippen molar-refractivity contribution < 1.29 is 14.3 Å². The second-order valence-corrected chi connectivity index (χ2v) is 5.77. The van der Waals surface area contributed by atoms with Crippen LogP contribution in [0.25, 0.3) is 10.9 Å². The summed E-state index contributed by atoms with van der Waals surface area (Å²) in [6.07, 6.45) is 0.572. The summed E-state index contributed by atoms with van der Waals surface area (Å²) in [6, 6.07) is 10.9. The van der Waals surface area contributed by atoms with Crippen molar-refractivity contribution in [1.82, 2.24) is 9.97 Å². The molecule has 0 aliphatic carbocycles. The summed E-state index contributed by atoms with van der Waals surface area (Å²) < 4.78 is 5.32. The van der Waals surface area contributed by atoms with Gasteiger partial charge in [0.25, 0.3) is 0 Å². The summed E-state index contributed by atoms with van der Waals surface area (Å²) in [6.45, 7) is 5.26. The number of ketones is 1. The Bertz CT molecular complexity index is 910. The number of hydrogen-bond donors (Lipinski definition) is 1. The number of carbonyl (C=O) groups excluding carboxylic acids is 2. The van der Waals surface area contributed by atoms with Gasteiger partial charge in [0.05, 0.1) is 5.56 Å². The minimum Gasteiger partial charge on any atom is -0.451 e. The number of nitrogens with zero attached hydrogens (tertiary/aromatic N) is 1. The Morgan fingerprint density at radius 2 is 1.88 bits per heavy atom. The smallest absolute Gasteiger partial charge is 0.340 e. The minimum atomic E-state index is -0.878. The number of Topliss-reactive ketones (excluding diaryl/α,β-unsaturated/α-hetero) is 1. The van der Waals surface area contributed by atoms with Gasteiger partial charge in [0, 0.05) is 34.1 Å². The molecule has 0 fully saturated rings. The molecule has 1 unspecified atom stereocenters. The number of aromatic nitrogens is 2. The summed E-state index contributed by atoms with van der Waals surface area (Å²) in [5.74, 6) is -0.779. The molecule has 3 aromatic rings. The fraction of sp³-hybridized carbons (Fsp3) is 0.211. The number of carbonyl (C=O) groups is 2. The van der Waals surface area contributed by atoms with E-state index in [1.54, 1.807) is 19.1 Å². The molecule has 1 atom stereocenters. The molecule has 0 aliphatic rings. The van der Waals surface area contributed by atoms with Crippen molar-refractivity contribution in [3.05, 3.63) is 65.1 Å². The second-order valence-electron chi connectivity index (χ2n) is 5.77. The zero-order valence-electron chi connectivity index (χ0n) is 13.8. The van der Waals surface area contributed by atoms with Gasteiger partial charge < -0.3 is 9.72 Å². The number of ether oxygens (including phenoxy) is 1. The van der Waals surface area contributed by atoms with Gasteiger partial charge in [-0.05, 0) is 39.0 Å². The van der Waals surface area contributed by atoms with Crippen LogP contribution in [0.5, 0.6) is 0 Å². The Morgan fingerprint density at radius 3 is 2.58 bits per heavy atom. The Balaban J connectivity index is 1.82. The standard InChI is InChI=1S/C19H18N2O3/c1-11-8-9-14(10-20-11)19(23)24-13(3)18(22)17-12(2)21-16-7-5-4-6-15(16)17/h4-10,13,21H,1-3H3. The molecule has 5 nitrogen and oxygen atoms in total. The van der Waals surface area contributed by atoms with Crippen molar-refractivity contribution in [3.63, 3.8) is 0 Å². The number of pyridine rings is 1. The molecule has 0 amide bonds. The molecule has 24 heavy (non-hydrogen) atoms. The Hall–Kier alpha value is -2.95. The van der Waals surface area contributed by atoms with E-state index in [0.717, 1.165) is 22.3 Å². The normalized spacial score (nSPS) is 12.1. The van der Waals surface area contributed by atoms with Crippen LogP contribution in [0.15, 0.2) is 42.6 Å². The summed E-state index contributed by atoms with van der Waals surface area (Å²) in [5, 5.41) is 0.833. The van der Waals surface area contributed by atoms with Crippen LogP contribution >= 0.6 is 0 Å². The zero-order chi connectivity index (χ0) is 17.3. The molecule has 2 aromatic heterocycles. The van der Waals surface area contributed by atoms with Gasteiger partial charge in [-0.2, -0.15) is 0 Å². The van der Waals surface area contributed by atoms with Crippen LogP contribution in [0.1, 0.15) is 39.0 Å². The van der Waals surface area contributed by atoms with Crippen LogP contribution in [0.2, 0.25) is 0 Å². The lowest BCUT2D eigenvalue weighted by Gasteiger charge is -2.12. The Labute approximate surface area is 139 Å². The van der Waals surface area contributed by atoms with E-state index in [4.69, 9.17) is 4.74 Å². The molecule has 0 saturated carbocycles. The highest BCUT2D eigenvalue weighted by Gasteiger charge is 2.24. The molecule has 122 valence electrons. The van der Waals surface area contributed by atoms with Crippen LogP contribution in [0, 0.1) is 13.8 Å². The first-order valence-electron chi connectivity index (χ1n) is 7.72. The maximum Gasteiger partial charge on any atom is 0.340 e. The van der Waals surface area contributed by atoms with E-state index in [-0.39, 0.29) is 5.78 Å². The van der Waals surface area contributed by atoms with Gasteiger partial charge in [0.2, 0.25) is 5.78 Å². The number of rotatable bonds is 4. The van der Waals surface area contributed by atoms with Gasteiger partial charge in [-0.3, -0.25) is 9.78 Å². The number of para-hydroxylation sites is 1. The molecule has 0 bridgehead atoms. The van der Waals surface area contributed by atoms with Gasteiger partial charge >= 0.3 is 5.97 Å². The number of hydrogen-bond acceptors (Lipinski definition) is 4. The van der Waals surface area contributed by atoms with Crippen LogP contribution in [0.3, 0.4) is 0 Å². The first-order chi connectivity index (χ1) is 11.5. The van der Waals surface area contributed by atoms with Crippen molar-refractivity contribution in [1.29, 1.82) is 0 Å². The van der Waals surface area contributed by atoms with Gasteiger partial charge in [-0.25, -0.2) is 4.79 Å². The van der Waals surface area contributed by atoms with Crippen LogP contribution in [-0.2, 0) is 4.74 Å². The highest BCUT2D eigenvalue weighted by atomic mass is 16.5. The quantitative estimate of drug-likeness (QED) is 0.588. The number of nitrogens with one attached hydrogen (secondary N) is 1. The van der Waals surface area contributed by atoms with Crippen LogP contribution in [-0.4, -0.2) is 27.8 Å². The lowest BCUT2D eigenvalue weighted by atomic mass is 10.0. The lowest BCUT2D eigenvalue weighted by Crippen LogP contribution is -2.25. The van der Waals surface area contributed by atoms with Crippen molar-refractivity contribution >= 4 is 22.7 Å². The number of aryl methyl sites for hydroxylation is 2. The molecule has 0 saturated heterocycles. The largest absolute Gasteiger partial charge is 0.451 e. The molecule has 5 heteroatoms. The molecule has 1 N–H and O–H groups in total. The maximum atomic E-state index is 12.7. The lowest BCUT2D eigenvalue weighted by molar-refractivity contribution is 0.0318. The third kappa shape index (κ3) is 2.93. The fourth-order valence-corrected chi connectivity index (χ4v) is 2.67. The Kier molecular flexibility index (Phi) is 4.16. The van der Waals surface area contributed by atoms with Gasteiger partial charge in [-0.15, -0.1) is 0 Å². The van der Waals surface area contributed by atoms with Gasteiger partial charge in [-0.1, -0.05) is 18.2 Å². The number of esters is 1. The first-order valence-corrected chi connectivity index (χ1v) is 7.72. The van der Waals surface area contributed by atoms with Crippen molar-refractivity contribution in [3.8, 4) is 0 Å². The predicted octanol–water partition coefficient (Wildman–Crippen LogP) is 3.61. The average molecular weight is 322 g/mol. The summed E-state index contributed by atoms with van der Waals surface area (Å²) in [4.78, 5) is 32.2. The highest BCUT2D eigenvalue weighted by Crippen LogP contribution is 2.24. The predicted molar refractivity (Wildman–Crippen MR) is 91.2 cm³/mol. The molecule has 0 aliphatic heterocycles. The van der Waals surface area contributed by atoms with E-state index in [0.29, 0.717) is 11.1 Å². The monoisotopic (exact) mass is 322 g/mol. The van der Waals surface area contributed by atoms with E-state index in [9.17, 15) is 9.59 Å². The topological polar surface area (TPSA) is 72.1 Å². The van der Waals surface area contributed by atoms with Crippen molar-refractivity contribution in [2.24, 2.45) is 0 Å². The van der Waals surface area contributed by atoms with Crippen LogP contribution < -0.4 is 0 Å². The SMILES string of the molecule is Cc1ccc(C(=O)OC(C)C(=O)c2c(C)[nH]c3ccccc23)cn1. The number of fused-ring (bicyclic) bond motifs is 1. The summed E-state index contributed by atoms with van der Waals surface area (Å²) in [7, 11) is 0. The van der Waals surface area contributed by atoms with E-state index in [1.807, 2.05) is 38.1 Å². The summed E-state index contributed by atoms with van der Waals surface area (Å²) >= 11 is 0. The highest BCUT2D eigenvalue weighted by molar-refractivity contribution is 6.11. The molecule has 2 heterocycles. The van der Waals surface area contributed by atoms with Crippen molar-refractivity contribution in [2.75, 3.05) is 0 Å². The van der Waals surface area contributed by atoms with Crippen molar-refractivity contribution in [2.45, 2.75) is 26.9 Å². The Morgan fingerprint density at radius 1 is 1.12 bits per heavy atom. The van der Waals surface area contributed by atoms with E-state index in [1.165, 1.54) is 6.20 Å². The number of benzene rings is 1. The van der Waals surface area contributed by atoms with E-state index in [2.05, 4.69) is 9.97 Å². The molecule has 0 spiro atoms. The third-order valence-corrected chi connectivity index (χ3v) is 3.94. The van der Waals surface area contributed by atoms with Gasteiger partial charge in [0.15, 0.2) is 6.10 Å². The average Bonchev–Trinajstić information content (AvgIpc) is 2.90. The molecule has 1 aromatic carbocycles. The summed E-state index contributed by atoms with van der Waals surface area (Å²) in [5.41, 5.74) is 3.36. The molecular weight excluding hydrogens is 304 g/mol. The second kappa shape index (κ2) is 6.28. The minimum absolute atomic E-state index is 0.224. The van der Waals surface area contributed by atoms with Crippen LogP contribution in [0.4, 0.5) is 0 Å². The first kappa shape index (κ1) is 15.9. The zero-order valence-corrected chi connectivity index (χ0v) is 13.8. The number of H-pyrrole nitrogens is 1. The number of aromatic amines is 1. The van der Waals surface area contributed by atoms with Gasteiger partial charge in [0.1, 0.15) is 0 Å².